The SMILES string of the molecule is C[C@@H]1CN([C@@H](C)CO)C(=O)c2cc(NC(=O)Nc3ccc4c(c3)OCO4)ccc2O[C@@H](C)CCCCO[C@@H]1CN(C)C(=O)CCCN(C)C. The number of likely N-dealkylation sites (N-methyl/N-ethyl adjacent to an activating group) is 1. The van der Waals surface area contributed by atoms with Gasteiger partial charge in [0.1, 0.15) is 5.75 Å². The van der Waals surface area contributed by atoms with Crippen LogP contribution in [0.4, 0.5) is 16.2 Å². The van der Waals surface area contributed by atoms with Gasteiger partial charge >= 0.3 is 6.03 Å². The molecule has 0 unspecified atom stereocenters. The fourth-order valence-electron chi connectivity index (χ4n) is 5.84. The minimum absolute atomic E-state index is 0.0520. The maximum Gasteiger partial charge on any atom is 0.323 e. The van der Waals surface area contributed by atoms with Crippen molar-refractivity contribution in [1.29, 1.82) is 0 Å². The molecule has 13 nitrogen and oxygen atoms in total. The zero-order valence-electron chi connectivity index (χ0n) is 29.7. The van der Waals surface area contributed by atoms with Gasteiger partial charge in [0.05, 0.1) is 30.4 Å². The first-order valence-corrected chi connectivity index (χ1v) is 17.2. The summed E-state index contributed by atoms with van der Waals surface area (Å²) >= 11 is 0. The van der Waals surface area contributed by atoms with Gasteiger partial charge < -0.3 is 49.4 Å². The van der Waals surface area contributed by atoms with Crippen molar-refractivity contribution < 1.29 is 38.4 Å². The van der Waals surface area contributed by atoms with Crippen molar-refractivity contribution in [3.05, 3.63) is 42.0 Å². The summed E-state index contributed by atoms with van der Waals surface area (Å²) in [5.41, 5.74) is 1.17. The monoisotopic (exact) mass is 683 g/mol. The van der Waals surface area contributed by atoms with E-state index in [0.29, 0.717) is 48.2 Å². The third-order valence-electron chi connectivity index (χ3n) is 8.82. The molecule has 2 heterocycles. The van der Waals surface area contributed by atoms with Gasteiger partial charge in [0.15, 0.2) is 11.5 Å². The Hall–Kier alpha value is -4.07. The molecule has 2 aromatic carbocycles. The normalized spacial score (nSPS) is 20.5. The van der Waals surface area contributed by atoms with Gasteiger partial charge in [-0.3, -0.25) is 9.59 Å². The van der Waals surface area contributed by atoms with Crippen molar-refractivity contribution in [1.82, 2.24) is 14.7 Å². The fraction of sp³-hybridized carbons (Fsp3) is 0.583. The third kappa shape index (κ3) is 11.0. The number of rotatable bonds is 10. The molecule has 0 radical (unpaired) electrons. The summed E-state index contributed by atoms with van der Waals surface area (Å²) < 4.78 is 23.4. The highest BCUT2D eigenvalue weighted by Gasteiger charge is 2.31. The van der Waals surface area contributed by atoms with Crippen LogP contribution < -0.4 is 24.8 Å². The fourth-order valence-corrected chi connectivity index (χ4v) is 5.84. The Bertz CT molecular complexity index is 1420. The molecule has 2 aromatic rings. The van der Waals surface area contributed by atoms with Crippen molar-refractivity contribution >= 4 is 29.2 Å². The van der Waals surface area contributed by atoms with Gasteiger partial charge in [-0.15, -0.1) is 0 Å². The smallest absolute Gasteiger partial charge is 0.323 e. The van der Waals surface area contributed by atoms with Crippen molar-refractivity contribution in [3.63, 3.8) is 0 Å². The van der Waals surface area contributed by atoms with Crippen LogP contribution in [0.1, 0.15) is 63.2 Å². The molecular weight excluding hydrogens is 630 g/mol. The lowest BCUT2D eigenvalue weighted by Gasteiger charge is -2.36. The number of aliphatic hydroxyl groups is 1. The highest BCUT2D eigenvalue weighted by molar-refractivity contribution is 6.02. The van der Waals surface area contributed by atoms with Crippen molar-refractivity contribution in [2.24, 2.45) is 5.92 Å². The van der Waals surface area contributed by atoms with Crippen molar-refractivity contribution in [2.45, 2.75) is 71.1 Å². The van der Waals surface area contributed by atoms with Crippen LogP contribution in [0, 0.1) is 5.92 Å². The average Bonchev–Trinajstić information content (AvgIpc) is 3.53. The quantitative estimate of drug-likeness (QED) is 0.326. The topological polar surface area (TPSA) is 142 Å². The third-order valence-corrected chi connectivity index (χ3v) is 8.82. The number of aliphatic hydroxyl groups excluding tert-OH is 1. The largest absolute Gasteiger partial charge is 0.490 e. The lowest BCUT2D eigenvalue weighted by molar-refractivity contribution is -0.132. The molecule has 0 bridgehead atoms. The van der Waals surface area contributed by atoms with E-state index >= 15 is 0 Å². The Morgan fingerprint density at radius 2 is 1.69 bits per heavy atom. The molecule has 0 fully saturated rings. The number of nitrogens with one attached hydrogen (secondary N) is 2. The van der Waals surface area contributed by atoms with Gasteiger partial charge in [0.2, 0.25) is 12.7 Å². The second kappa shape index (κ2) is 18.1. The second-order valence-corrected chi connectivity index (χ2v) is 13.3. The standard InChI is InChI=1S/C36H53N5O8/c1-24-20-41(25(2)22-42)35(44)29-18-27(37-36(45)38-28-13-15-31-32(19-28)48-23-47-31)12-14-30(29)49-26(3)10-7-8-17-46-33(24)21-40(6)34(43)11-9-16-39(4)5/h12-15,18-19,24-26,33,42H,7-11,16-17,20-23H2,1-6H3,(H2,37,38,45)/t24-,25+,26+,33-/m1/s1. The van der Waals surface area contributed by atoms with Crippen LogP contribution in [-0.2, 0) is 9.53 Å². The zero-order valence-corrected chi connectivity index (χ0v) is 29.7. The number of anilines is 2. The number of amides is 4. The lowest BCUT2D eigenvalue weighted by Crippen LogP contribution is -2.48. The summed E-state index contributed by atoms with van der Waals surface area (Å²) in [4.78, 5) is 45.7. The Kier molecular flexibility index (Phi) is 13.9. The summed E-state index contributed by atoms with van der Waals surface area (Å²) in [7, 11) is 5.77. The Labute approximate surface area is 289 Å². The molecule has 13 heteroatoms. The molecule has 0 aromatic heterocycles. The number of hydrogen-bond acceptors (Lipinski definition) is 9. The predicted molar refractivity (Wildman–Crippen MR) is 188 cm³/mol. The number of nitrogens with zero attached hydrogens (tertiary/aromatic N) is 3. The molecule has 4 rings (SSSR count). The molecule has 2 aliphatic heterocycles. The number of ether oxygens (including phenoxy) is 4. The summed E-state index contributed by atoms with van der Waals surface area (Å²) in [5.74, 6) is 1.08. The summed E-state index contributed by atoms with van der Waals surface area (Å²) in [6.07, 6.45) is 3.13. The first-order chi connectivity index (χ1) is 23.4. The maximum absolute atomic E-state index is 14.4. The lowest BCUT2D eigenvalue weighted by atomic mass is 10.0. The number of carbonyl (C=O) groups excluding carboxylic acids is 3. The molecule has 0 spiro atoms. The molecule has 2 aliphatic rings. The van der Waals surface area contributed by atoms with Gasteiger partial charge in [-0.25, -0.2) is 4.79 Å². The van der Waals surface area contributed by atoms with E-state index in [1.807, 2.05) is 27.9 Å². The van der Waals surface area contributed by atoms with Crippen molar-refractivity contribution in [2.75, 3.05) is 71.4 Å². The molecule has 0 saturated heterocycles. The molecule has 4 amide bonds. The van der Waals surface area contributed by atoms with Crippen LogP contribution >= 0.6 is 0 Å². The molecule has 3 N–H and O–H groups in total. The van der Waals surface area contributed by atoms with Crippen LogP contribution in [-0.4, -0.2) is 117 Å². The Balaban J connectivity index is 1.55. The number of carbonyl (C=O) groups is 3. The van der Waals surface area contributed by atoms with E-state index in [1.54, 1.807) is 60.2 Å². The van der Waals surface area contributed by atoms with Crippen LogP contribution in [0.15, 0.2) is 36.4 Å². The molecule has 4 atom stereocenters. The van der Waals surface area contributed by atoms with Gasteiger partial charge in [0, 0.05) is 56.5 Å². The highest BCUT2D eigenvalue weighted by Crippen LogP contribution is 2.34. The van der Waals surface area contributed by atoms with E-state index in [9.17, 15) is 19.5 Å². The predicted octanol–water partition coefficient (Wildman–Crippen LogP) is 4.66. The number of hydrogen-bond donors (Lipinski definition) is 3. The van der Waals surface area contributed by atoms with Crippen LogP contribution in [0.25, 0.3) is 0 Å². The maximum atomic E-state index is 14.4. The van der Waals surface area contributed by atoms with E-state index in [0.717, 1.165) is 32.2 Å². The van der Waals surface area contributed by atoms with E-state index < -0.39 is 12.1 Å². The van der Waals surface area contributed by atoms with E-state index in [1.165, 1.54) is 0 Å². The summed E-state index contributed by atoms with van der Waals surface area (Å²) in [6.45, 7) is 7.63. The summed E-state index contributed by atoms with van der Waals surface area (Å²) in [6, 6.07) is 9.07. The highest BCUT2D eigenvalue weighted by atomic mass is 16.7. The molecule has 0 aliphatic carbocycles. The molecule has 0 saturated carbocycles. The zero-order chi connectivity index (χ0) is 35.5. The van der Waals surface area contributed by atoms with E-state index in [-0.39, 0.29) is 55.4 Å². The number of fused-ring (bicyclic) bond motifs is 2. The molecular formula is C36H53N5O8. The molecule has 270 valence electrons. The minimum Gasteiger partial charge on any atom is -0.490 e. The van der Waals surface area contributed by atoms with Gasteiger partial charge in [-0.1, -0.05) is 6.92 Å². The van der Waals surface area contributed by atoms with Gasteiger partial charge in [0.25, 0.3) is 5.91 Å². The van der Waals surface area contributed by atoms with Crippen LogP contribution in [0.2, 0.25) is 0 Å². The first-order valence-electron chi connectivity index (χ1n) is 17.2. The minimum atomic E-state index is -0.523. The number of benzene rings is 2. The average molecular weight is 684 g/mol. The van der Waals surface area contributed by atoms with Gasteiger partial charge in [-0.2, -0.15) is 0 Å². The summed E-state index contributed by atoms with van der Waals surface area (Å²) in [5, 5.41) is 15.8. The Morgan fingerprint density at radius 3 is 2.41 bits per heavy atom. The Morgan fingerprint density at radius 1 is 1.00 bits per heavy atom. The van der Waals surface area contributed by atoms with Gasteiger partial charge in [-0.05, 0) is 90.5 Å². The second-order valence-electron chi connectivity index (χ2n) is 13.3. The van der Waals surface area contributed by atoms with E-state index in [2.05, 4.69) is 15.5 Å². The molecule has 49 heavy (non-hydrogen) atoms. The number of urea groups is 1. The van der Waals surface area contributed by atoms with Crippen LogP contribution in [0.3, 0.4) is 0 Å². The van der Waals surface area contributed by atoms with Crippen LogP contribution in [0.5, 0.6) is 17.2 Å². The first kappa shape index (κ1) is 37.7. The van der Waals surface area contributed by atoms with E-state index in [4.69, 9.17) is 18.9 Å². The van der Waals surface area contributed by atoms with Crippen molar-refractivity contribution in [3.8, 4) is 17.2 Å².